The number of H-pyrrole nitrogens is 1. The summed E-state index contributed by atoms with van der Waals surface area (Å²) in [6.45, 7) is 10.9. The molecular formula is C51H47BrF6N8O8. The van der Waals surface area contributed by atoms with E-state index in [2.05, 4.69) is 73.1 Å². The van der Waals surface area contributed by atoms with Crippen LogP contribution in [0.1, 0.15) is 71.2 Å². The number of ketones is 2. The number of ether oxygens (including phenoxy) is 2. The second-order valence-corrected chi connectivity index (χ2v) is 17.5. The highest BCUT2D eigenvalue weighted by Gasteiger charge is 2.32. The van der Waals surface area contributed by atoms with E-state index in [-0.39, 0.29) is 88.4 Å². The number of benzene rings is 4. The Kier molecular flexibility index (Phi) is 18.2. The predicted molar refractivity (Wildman–Crippen MR) is 263 cm³/mol. The molecule has 0 amide bonds. The van der Waals surface area contributed by atoms with Gasteiger partial charge >= 0.3 is 12.7 Å². The number of carbonyl (C=O) groups is 2. The average Bonchev–Trinajstić information content (AvgIpc) is 4.04. The van der Waals surface area contributed by atoms with Gasteiger partial charge in [-0.15, -0.1) is 26.3 Å². The molecule has 0 unspecified atom stereocenters. The maximum absolute atomic E-state index is 12.4. The molecule has 8 aromatic rings. The van der Waals surface area contributed by atoms with E-state index in [1.54, 1.807) is 6.92 Å². The van der Waals surface area contributed by atoms with Crippen molar-refractivity contribution < 1.29 is 54.5 Å². The van der Waals surface area contributed by atoms with Crippen molar-refractivity contribution in [1.29, 1.82) is 0 Å². The monoisotopic (exact) mass is 1090 g/mol. The number of aromatic nitrogens is 8. The lowest BCUT2D eigenvalue weighted by Gasteiger charge is -2.22. The highest BCUT2D eigenvalue weighted by Crippen LogP contribution is 2.30. The predicted octanol–water partition coefficient (Wildman–Crippen LogP) is 11.2. The Labute approximate surface area is 426 Å². The number of rotatable bonds is 13. The molecule has 74 heavy (non-hydrogen) atoms. The van der Waals surface area contributed by atoms with Crippen LogP contribution in [0, 0.1) is 0 Å². The molecule has 0 atom stereocenters. The van der Waals surface area contributed by atoms with Crippen molar-refractivity contribution >= 4 is 27.5 Å². The van der Waals surface area contributed by atoms with E-state index < -0.39 is 18.1 Å². The van der Waals surface area contributed by atoms with Crippen molar-refractivity contribution in [1.82, 2.24) is 40.3 Å². The summed E-state index contributed by atoms with van der Waals surface area (Å²) >= 11 is 3.41. The molecule has 0 radical (unpaired) electrons. The smallest absolute Gasteiger partial charge is 0.406 e. The Morgan fingerprint density at radius 2 is 1.07 bits per heavy atom. The molecule has 0 bridgehead atoms. The molecule has 8 rings (SSSR count). The van der Waals surface area contributed by atoms with E-state index in [1.807, 2.05) is 64.1 Å². The molecule has 0 fully saturated rings. The number of halogens is 7. The third-order valence-electron chi connectivity index (χ3n) is 11.1. The van der Waals surface area contributed by atoms with Gasteiger partial charge in [0.2, 0.25) is 11.6 Å². The largest absolute Gasteiger partial charge is 0.573 e. The van der Waals surface area contributed by atoms with Gasteiger partial charge in [0.1, 0.15) is 34.5 Å². The number of hydrogen-bond acceptors (Lipinski definition) is 14. The minimum atomic E-state index is -4.79. The normalized spacial score (nSPS) is 11.5. The fourth-order valence-corrected chi connectivity index (χ4v) is 6.67. The summed E-state index contributed by atoms with van der Waals surface area (Å²) in [4.78, 5) is 55.2. The van der Waals surface area contributed by atoms with Gasteiger partial charge in [-0.1, -0.05) is 82.2 Å². The van der Waals surface area contributed by atoms with Crippen LogP contribution in [0.3, 0.4) is 0 Å². The van der Waals surface area contributed by atoms with E-state index in [4.69, 9.17) is 9.05 Å². The zero-order valence-electron chi connectivity index (χ0n) is 39.5. The number of nitrogens with zero attached hydrogens (tertiary/aromatic N) is 7. The van der Waals surface area contributed by atoms with Gasteiger partial charge < -0.3 is 18.5 Å². The molecule has 0 aliphatic heterocycles. The van der Waals surface area contributed by atoms with E-state index in [1.165, 1.54) is 65.7 Å². The van der Waals surface area contributed by atoms with Crippen LogP contribution < -0.4 is 20.6 Å². The highest BCUT2D eigenvalue weighted by molar-refractivity contribution is 9.08. The van der Waals surface area contributed by atoms with E-state index in [9.17, 15) is 45.5 Å². The van der Waals surface area contributed by atoms with Crippen molar-refractivity contribution in [2.75, 3.05) is 0 Å². The molecule has 0 spiro atoms. The number of carbonyl (C=O) groups excluding carboxylic acids is 2. The third kappa shape index (κ3) is 15.2. The summed E-state index contributed by atoms with van der Waals surface area (Å²) in [6.07, 6.45) is -9.54. The van der Waals surface area contributed by atoms with Gasteiger partial charge in [-0.3, -0.25) is 19.2 Å². The minimum Gasteiger partial charge on any atom is -0.406 e. The average molecular weight is 1090 g/mol. The van der Waals surface area contributed by atoms with Gasteiger partial charge in [0.25, 0.3) is 22.9 Å². The lowest BCUT2D eigenvalue weighted by molar-refractivity contribution is -0.275. The first-order valence-electron chi connectivity index (χ1n) is 21.6. The van der Waals surface area contributed by atoms with E-state index >= 15 is 0 Å². The second kappa shape index (κ2) is 23.6. The molecule has 16 nitrogen and oxygen atoms in total. The standard InChI is InChI=1S/C25H21F3N4O4.C13H7F3N4O3.C12H15BrO.CH4/c1-15(33)24(2,3)18-6-4-5-16(13-18)14-32-21(34)12-11-20(30-32)23-29-22(31-36-23)17-7-9-19(10-8-17)35-25(26,27)28;14-13(15,16)22-8-3-1-7(2-4-8)11-17-12(23-20-11)9-5-6-10(21)19-18-9;1-9(14)12(2,3)11-6-4-5-10(7-11)8-13;/h4-13H,14H2,1-3H3;1-6H,(H,19,21);4-7H,8H2,1-3H3;1H4. The molecule has 388 valence electrons. The number of alkyl halides is 7. The van der Waals surface area contributed by atoms with Crippen molar-refractivity contribution in [2.24, 2.45) is 0 Å². The van der Waals surface area contributed by atoms with Crippen molar-refractivity contribution in [3.8, 4) is 57.4 Å². The van der Waals surface area contributed by atoms with Crippen LogP contribution in [0.5, 0.6) is 11.5 Å². The number of hydrogen-bond donors (Lipinski definition) is 1. The zero-order chi connectivity index (χ0) is 53.3. The fourth-order valence-electron chi connectivity index (χ4n) is 6.32. The first kappa shape index (κ1) is 56.8. The van der Waals surface area contributed by atoms with Gasteiger partial charge in [-0.25, -0.2) is 9.78 Å². The van der Waals surface area contributed by atoms with E-state index in [0.29, 0.717) is 11.1 Å². The number of aromatic amines is 1. The molecule has 4 aromatic carbocycles. The van der Waals surface area contributed by atoms with Gasteiger partial charge in [0, 0.05) is 39.4 Å². The van der Waals surface area contributed by atoms with Crippen LogP contribution in [-0.4, -0.2) is 64.6 Å². The van der Waals surface area contributed by atoms with Crippen LogP contribution in [0.25, 0.3) is 45.9 Å². The first-order valence-corrected chi connectivity index (χ1v) is 22.7. The Hall–Kier alpha value is -8.08. The van der Waals surface area contributed by atoms with Crippen molar-refractivity contribution in [3.05, 3.63) is 164 Å². The lowest BCUT2D eigenvalue weighted by atomic mass is 9.81. The van der Waals surface area contributed by atoms with Gasteiger partial charge in [-0.05, 0) is 124 Å². The Bertz CT molecular complexity index is 3290. The number of nitrogens with one attached hydrogen (secondary N) is 1. The van der Waals surface area contributed by atoms with Crippen LogP contribution in [0.4, 0.5) is 26.3 Å². The molecule has 4 aromatic heterocycles. The van der Waals surface area contributed by atoms with Crippen molar-refractivity contribution in [2.45, 2.75) is 84.4 Å². The fraction of sp³-hybridized carbons (Fsp3) is 0.255. The van der Waals surface area contributed by atoms with Gasteiger partial charge in [0.15, 0.2) is 0 Å². The number of Topliss-reactive ketones (excluding diaryl/α,β-unsaturated/α-hetero) is 2. The summed E-state index contributed by atoms with van der Waals surface area (Å²) in [5.74, 6) is -0.135. The quantitative estimate of drug-likeness (QED) is 0.0841. The molecule has 0 saturated heterocycles. The Balaban J connectivity index is 0.000000227. The zero-order valence-corrected chi connectivity index (χ0v) is 41.1. The summed E-state index contributed by atoms with van der Waals surface area (Å²) in [6, 6.07) is 30.9. The van der Waals surface area contributed by atoms with E-state index in [0.717, 1.165) is 46.3 Å². The maximum atomic E-state index is 12.4. The summed E-state index contributed by atoms with van der Waals surface area (Å²) in [7, 11) is 0. The summed E-state index contributed by atoms with van der Waals surface area (Å²) in [5.41, 5.74) is 3.45. The maximum Gasteiger partial charge on any atom is 0.573 e. The van der Waals surface area contributed by atoms with Gasteiger partial charge in [0.05, 0.1) is 6.54 Å². The molecule has 4 heterocycles. The molecule has 0 aliphatic carbocycles. The molecule has 23 heteroatoms. The second-order valence-electron chi connectivity index (χ2n) is 16.9. The highest BCUT2D eigenvalue weighted by atomic mass is 79.9. The Morgan fingerprint density at radius 3 is 1.50 bits per heavy atom. The minimum absolute atomic E-state index is 0. The Morgan fingerprint density at radius 1 is 0.622 bits per heavy atom. The summed E-state index contributed by atoms with van der Waals surface area (Å²) < 4.78 is 92.5. The van der Waals surface area contributed by atoms with Crippen LogP contribution in [0.15, 0.2) is 140 Å². The lowest BCUT2D eigenvalue weighted by Crippen LogP contribution is -2.27. The topological polar surface area (TPSA) is 211 Å². The SMILES string of the molecule is C.CC(=O)C(C)(C)c1cccc(CBr)c1.CC(=O)C(C)(C)c1cccc(Cn2nc(-c3nc(-c4ccc(OC(F)(F)F)cc4)no3)ccc2=O)c1.O=c1ccc(-c2nc(-c3ccc(OC(F)(F)F)cc3)no2)n[nH]1. The molecule has 0 saturated carbocycles. The van der Waals surface area contributed by atoms with Crippen LogP contribution in [-0.2, 0) is 32.3 Å². The first-order chi connectivity index (χ1) is 34.3. The third-order valence-corrected chi connectivity index (χ3v) is 11.7. The van der Waals surface area contributed by atoms with Crippen LogP contribution in [0.2, 0.25) is 0 Å². The van der Waals surface area contributed by atoms with Crippen molar-refractivity contribution in [3.63, 3.8) is 0 Å². The van der Waals surface area contributed by atoms with Gasteiger partial charge in [-0.2, -0.15) is 20.2 Å². The molecular weight excluding hydrogens is 1050 g/mol. The molecule has 1 N–H and O–H groups in total. The summed E-state index contributed by atoms with van der Waals surface area (Å²) in [5, 5.41) is 18.7. The molecule has 0 aliphatic rings. The van der Waals surface area contributed by atoms with Crippen LogP contribution >= 0.6 is 15.9 Å².